The normalized spacial score (nSPS) is 18.4. The molecule has 0 bridgehead atoms. The van der Waals surface area contributed by atoms with Crippen molar-refractivity contribution in [2.24, 2.45) is 0 Å². The minimum Gasteiger partial charge on any atom is -0.339 e. The molecule has 1 aromatic carbocycles. The third-order valence-electron chi connectivity index (χ3n) is 3.92. The van der Waals surface area contributed by atoms with E-state index in [1.54, 1.807) is 6.07 Å². The van der Waals surface area contributed by atoms with Gasteiger partial charge in [0, 0.05) is 24.2 Å². The zero-order valence-corrected chi connectivity index (χ0v) is 12.8. The number of carbonyl (C=O) groups excluding carboxylic acids is 1. The van der Waals surface area contributed by atoms with Crippen LogP contribution in [-0.2, 0) is 0 Å². The van der Waals surface area contributed by atoms with Gasteiger partial charge in [0.05, 0.1) is 4.47 Å². The van der Waals surface area contributed by atoms with Crippen molar-refractivity contribution >= 4 is 21.8 Å². The highest BCUT2D eigenvalue weighted by Crippen LogP contribution is 2.23. The van der Waals surface area contributed by atoms with Gasteiger partial charge >= 0.3 is 0 Å². The van der Waals surface area contributed by atoms with E-state index in [4.69, 9.17) is 0 Å². The Hall–Kier alpha value is -0.940. The molecule has 1 heterocycles. The number of benzene rings is 1. The number of piperidine rings is 1. The van der Waals surface area contributed by atoms with Crippen molar-refractivity contribution in [2.75, 3.05) is 20.1 Å². The number of halogens is 2. The van der Waals surface area contributed by atoms with Crippen LogP contribution in [0, 0.1) is 5.82 Å². The molecular formula is C14H18BrFN2O. The number of rotatable bonds is 2. The zero-order chi connectivity index (χ0) is 14.0. The van der Waals surface area contributed by atoms with Gasteiger partial charge < -0.3 is 10.2 Å². The molecule has 104 valence electrons. The maximum Gasteiger partial charge on any atom is 0.253 e. The summed E-state index contributed by atoms with van der Waals surface area (Å²) in [5, 5.41) is 3.30. The van der Waals surface area contributed by atoms with Crippen LogP contribution in [0.25, 0.3) is 0 Å². The maximum absolute atomic E-state index is 13.2. The predicted octanol–water partition coefficient (Wildman–Crippen LogP) is 2.80. The largest absolute Gasteiger partial charge is 0.339 e. The smallest absolute Gasteiger partial charge is 0.253 e. The number of carbonyl (C=O) groups is 1. The molecule has 0 radical (unpaired) electrons. The van der Waals surface area contributed by atoms with Crippen molar-refractivity contribution in [3.63, 3.8) is 0 Å². The van der Waals surface area contributed by atoms with Crippen molar-refractivity contribution < 1.29 is 9.18 Å². The van der Waals surface area contributed by atoms with Gasteiger partial charge in [-0.15, -0.1) is 0 Å². The van der Waals surface area contributed by atoms with Gasteiger partial charge in [0.25, 0.3) is 5.91 Å². The van der Waals surface area contributed by atoms with E-state index in [2.05, 4.69) is 28.2 Å². The summed E-state index contributed by atoms with van der Waals surface area (Å²) in [5.74, 6) is -0.378. The molecule has 1 aromatic rings. The molecule has 1 aliphatic rings. The minimum absolute atomic E-state index is 0.0288. The van der Waals surface area contributed by atoms with E-state index in [-0.39, 0.29) is 17.3 Å². The molecule has 2 rings (SSSR count). The molecule has 5 heteroatoms. The molecular weight excluding hydrogens is 311 g/mol. The van der Waals surface area contributed by atoms with Gasteiger partial charge in [-0.3, -0.25) is 4.79 Å². The number of hydrogen-bond acceptors (Lipinski definition) is 2. The lowest BCUT2D eigenvalue weighted by Crippen LogP contribution is -2.51. The van der Waals surface area contributed by atoms with Crippen LogP contribution in [0.4, 0.5) is 4.39 Å². The molecule has 1 aliphatic heterocycles. The zero-order valence-electron chi connectivity index (χ0n) is 11.2. The lowest BCUT2D eigenvalue weighted by atomic mass is 9.89. The van der Waals surface area contributed by atoms with Gasteiger partial charge in [0.15, 0.2) is 0 Å². The molecule has 0 spiro atoms. The molecule has 0 atom stereocenters. The van der Waals surface area contributed by atoms with Gasteiger partial charge in [0.2, 0.25) is 0 Å². The fourth-order valence-electron chi connectivity index (χ4n) is 2.27. The van der Waals surface area contributed by atoms with Crippen LogP contribution in [-0.4, -0.2) is 36.5 Å². The van der Waals surface area contributed by atoms with Crippen molar-refractivity contribution in [3.05, 3.63) is 34.1 Å². The molecule has 19 heavy (non-hydrogen) atoms. The third kappa shape index (κ3) is 3.15. The van der Waals surface area contributed by atoms with E-state index in [0.29, 0.717) is 10.0 Å². The molecule has 1 N–H and O–H groups in total. The SMILES string of the molecule is CNC1(C)CCN(C(=O)c2ccc(F)c(Br)c2)CC1. The van der Waals surface area contributed by atoms with Crippen molar-refractivity contribution in [2.45, 2.75) is 25.3 Å². The van der Waals surface area contributed by atoms with Crippen LogP contribution >= 0.6 is 15.9 Å². The minimum atomic E-state index is -0.349. The Balaban J connectivity index is 2.07. The Bertz CT molecular complexity index is 484. The summed E-state index contributed by atoms with van der Waals surface area (Å²) in [6, 6.07) is 4.40. The molecule has 0 saturated carbocycles. The monoisotopic (exact) mass is 328 g/mol. The molecule has 1 amide bonds. The summed E-state index contributed by atoms with van der Waals surface area (Å²) in [6.07, 6.45) is 1.86. The van der Waals surface area contributed by atoms with Crippen molar-refractivity contribution in [3.8, 4) is 0 Å². The highest BCUT2D eigenvalue weighted by molar-refractivity contribution is 9.10. The highest BCUT2D eigenvalue weighted by atomic mass is 79.9. The second-order valence-corrected chi connectivity index (χ2v) is 6.09. The Morgan fingerprint density at radius 1 is 1.42 bits per heavy atom. The first-order chi connectivity index (χ1) is 8.95. The molecule has 0 aliphatic carbocycles. The fraction of sp³-hybridized carbons (Fsp3) is 0.500. The first-order valence-corrected chi connectivity index (χ1v) is 7.18. The summed E-state index contributed by atoms with van der Waals surface area (Å²) in [7, 11) is 1.95. The fourth-order valence-corrected chi connectivity index (χ4v) is 2.64. The Morgan fingerprint density at radius 2 is 2.05 bits per heavy atom. The second-order valence-electron chi connectivity index (χ2n) is 5.23. The maximum atomic E-state index is 13.2. The van der Waals surface area contributed by atoms with Gasteiger partial charge in [-0.25, -0.2) is 4.39 Å². The topological polar surface area (TPSA) is 32.3 Å². The lowest BCUT2D eigenvalue weighted by Gasteiger charge is -2.39. The standard InChI is InChI=1S/C14H18BrFN2O/c1-14(17-2)5-7-18(8-6-14)13(19)10-3-4-12(16)11(15)9-10/h3-4,9,17H,5-8H2,1-2H3. The molecule has 3 nitrogen and oxygen atoms in total. The van der Waals surface area contributed by atoms with Gasteiger partial charge in [-0.2, -0.15) is 0 Å². The number of likely N-dealkylation sites (tertiary alicyclic amines) is 1. The molecule has 0 unspecified atom stereocenters. The first-order valence-electron chi connectivity index (χ1n) is 6.38. The highest BCUT2D eigenvalue weighted by Gasteiger charge is 2.30. The van der Waals surface area contributed by atoms with Gasteiger partial charge in [-0.05, 0) is 60.9 Å². The second kappa shape index (κ2) is 5.59. The van der Waals surface area contributed by atoms with E-state index in [1.807, 2.05) is 11.9 Å². The first kappa shape index (κ1) is 14.5. The quantitative estimate of drug-likeness (QED) is 0.905. The Morgan fingerprint density at radius 3 is 2.58 bits per heavy atom. The Kier molecular flexibility index (Phi) is 4.26. The average Bonchev–Trinajstić information content (AvgIpc) is 2.42. The van der Waals surface area contributed by atoms with Crippen LogP contribution in [0.5, 0.6) is 0 Å². The summed E-state index contributed by atoms with van der Waals surface area (Å²) in [5.41, 5.74) is 0.640. The van der Waals surface area contributed by atoms with E-state index >= 15 is 0 Å². The molecule has 1 fully saturated rings. The van der Waals surface area contributed by atoms with E-state index in [0.717, 1.165) is 25.9 Å². The van der Waals surface area contributed by atoms with Crippen LogP contribution in [0.2, 0.25) is 0 Å². The van der Waals surface area contributed by atoms with Crippen molar-refractivity contribution in [1.29, 1.82) is 0 Å². The Labute approximate surface area is 121 Å². The van der Waals surface area contributed by atoms with E-state index in [1.165, 1.54) is 12.1 Å². The van der Waals surface area contributed by atoms with Gasteiger partial charge in [-0.1, -0.05) is 0 Å². The molecule has 1 saturated heterocycles. The van der Waals surface area contributed by atoms with Crippen LogP contribution in [0.15, 0.2) is 22.7 Å². The van der Waals surface area contributed by atoms with Crippen LogP contribution in [0.1, 0.15) is 30.1 Å². The number of amides is 1. The summed E-state index contributed by atoms with van der Waals surface area (Å²) >= 11 is 3.11. The summed E-state index contributed by atoms with van der Waals surface area (Å²) in [4.78, 5) is 14.2. The number of hydrogen-bond donors (Lipinski definition) is 1. The molecule has 0 aromatic heterocycles. The number of nitrogens with one attached hydrogen (secondary N) is 1. The van der Waals surface area contributed by atoms with Crippen LogP contribution < -0.4 is 5.32 Å². The third-order valence-corrected chi connectivity index (χ3v) is 4.53. The summed E-state index contributed by atoms with van der Waals surface area (Å²) < 4.78 is 13.5. The van der Waals surface area contributed by atoms with Crippen LogP contribution in [0.3, 0.4) is 0 Å². The summed E-state index contributed by atoms with van der Waals surface area (Å²) in [6.45, 7) is 3.62. The number of nitrogens with zero attached hydrogens (tertiary/aromatic N) is 1. The average molecular weight is 329 g/mol. The predicted molar refractivity (Wildman–Crippen MR) is 76.7 cm³/mol. The van der Waals surface area contributed by atoms with E-state index < -0.39 is 0 Å². The lowest BCUT2D eigenvalue weighted by molar-refractivity contribution is 0.0661. The van der Waals surface area contributed by atoms with Gasteiger partial charge in [0.1, 0.15) is 5.82 Å². The van der Waals surface area contributed by atoms with E-state index in [9.17, 15) is 9.18 Å². The van der Waals surface area contributed by atoms with Crippen molar-refractivity contribution in [1.82, 2.24) is 10.2 Å².